The van der Waals surface area contributed by atoms with Crippen LogP contribution in [0.2, 0.25) is 0 Å². The molecule has 1 aliphatic heterocycles. The van der Waals surface area contributed by atoms with Crippen LogP contribution >= 0.6 is 0 Å². The van der Waals surface area contributed by atoms with E-state index in [0.29, 0.717) is 17.2 Å². The van der Waals surface area contributed by atoms with Crippen molar-refractivity contribution in [1.29, 1.82) is 0 Å². The molecule has 1 atom stereocenters. The summed E-state index contributed by atoms with van der Waals surface area (Å²) in [4.78, 5) is 27.0. The summed E-state index contributed by atoms with van der Waals surface area (Å²) in [6, 6.07) is 26.4. The standard InChI is InChI=1S/C26H22N2O4/c29-24(14-15-28-20-11-5-7-13-22(20)31-17-25(28)30)27-26(18-8-2-1-3-9-18)23-16-19-10-4-6-12-21(19)32-23/h1-13,16,26H,14-15,17H2,(H,27,29)/t26-/m1/s1. The number of hydrogen-bond donors (Lipinski definition) is 1. The minimum absolute atomic E-state index is 0.0236. The average molecular weight is 426 g/mol. The quantitative estimate of drug-likeness (QED) is 0.494. The highest BCUT2D eigenvalue weighted by molar-refractivity contribution is 5.98. The lowest BCUT2D eigenvalue weighted by Crippen LogP contribution is -2.41. The van der Waals surface area contributed by atoms with Crippen LogP contribution in [0.25, 0.3) is 11.0 Å². The van der Waals surface area contributed by atoms with E-state index in [1.165, 1.54) is 0 Å². The van der Waals surface area contributed by atoms with Crippen molar-refractivity contribution in [2.24, 2.45) is 0 Å². The van der Waals surface area contributed by atoms with E-state index in [1.807, 2.05) is 84.9 Å². The lowest BCUT2D eigenvalue weighted by molar-refractivity contribution is -0.122. The number of hydrogen-bond acceptors (Lipinski definition) is 4. The number of anilines is 1. The Morgan fingerprint density at radius 3 is 2.56 bits per heavy atom. The molecular formula is C26H22N2O4. The fraction of sp³-hybridized carbons (Fsp3) is 0.154. The van der Waals surface area contributed by atoms with Crippen LogP contribution in [0.5, 0.6) is 5.75 Å². The molecule has 0 radical (unpaired) electrons. The number of carbonyl (C=O) groups is 2. The van der Waals surface area contributed by atoms with Crippen molar-refractivity contribution in [3.63, 3.8) is 0 Å². The highest BCUT2D eigenvalue weighted by Crippen LogP contribution is 2.32. The van der Waals surface area contributed by atoms with Crippen molar-refractivity contribution in [3.05, 3.63) is 96.3 Å². The highest BCUT2D eigenvalue weighted by atomic mass is 16.5. The second kappa shape index (κ2) is 8.59. The van der Waals surface area contributed by atoms with E-state index in [9.17, 15) is 9.59 Å². The van der Waals surface area contributed by atoms with E-state index in [2.05, 4.69) is 5.32 Å². The smallest absolute Gasteiger partial charge is 0.265 e. The molecule has 2 heterocycles. The van der Waals surface area contributed by atoms with E-state index in [1.54, 1.807) is 4.90 Å². The Morgan fingerprint density at radius 1 is 0.969 bits per heavy atom. The van der Waals surface area contributed by atoms with Crippen molar-refractivity contribution < 1.29 is 18.7 Å². The number of fused-ring (bicyclic) bond motifs is 2. The third-order valence-corrected chi connectivity index (χ3v) is 5.54. The van der Waals surface area contributed by atoms with Gasteiger partial charge in [-0.25, -0.2) is 0 Å². The second-order valence-corrected chi connectivity index (χ2v) is 7.65. The van der Waals surface area contributed by atoms with E-state index in [-0.39, 0.29) is 31.4 Å². The molecule has 0 spiro atoms. The van der Waals surface area contributed by atoms with Crippen LogP contribution < -0.4 is 15.0 Å². The first-order valence-electron chi connectivity index (χ1n) is 10.5. The maximum atomic E-state index is 13.0. The molecule has 5 rings (SSSR count). The predicted octanol–water partition coefficient (Wildman–Crippen LogP) is 4.45. The van der Waals surface area contributed by atoms with E-state index in [0.717, 1.165) is 16.5 Å². The molecule has 3 aromatic carbocycles. The predicted molar refractivity (Wildman–Crippen MR) is 122 cm³/mol. The minimum atomic E-state index is -0.427. The fourth-order valence-corrected chi connectivity index (χ4v) is 3.95. The van der Waals surface area contributed by atoms with Gasteiger partial charge in [0.1, 0.15) is 23.1 Å². The van der Waals surface area contributed by atoms with Gasteiger partial charge in [0.15, 0.2) is 6.61 Å². The van der Waals surface area contributed by atoms with E-state index in [4.69, 9.17) is 9.15 Å². The molecule has 0 unspecified atom stereocenters. The molecule has 4 aromatic rings. The van der Waals surface area contributed by atoms with Crippen LogP contribution in [-0.2, 0) is 9.59 Å². The first kappa shape index (κ1) is 19.9. The normalized spacial score (nSPS) is 14.0. The average Bonchev–Trinajstić information content (AvgIpc) is 3.26. The fourth-order valence-electron chi connectivity index (χ4n) is 3.95. The van der Waals surface area contributed by atoms with Gasteiger partial charge in [-0.05, 0) is 29.8 Å². The van der Waals surface area contributed by atoms with Gasteiger partial charge in [-0.15, -0.1) is 0 Å². The number of ether oxygens (including phenoxy) is 1. The van der Waals surface area contributed by atoms with Crippen LogP contribution in [0.3, 0.4) is 0 Å². The summed E-state index contributed by atoms with van der Waals surface area (Å²) in [5.74, 6) is 0.986. The molecule has 0 fully saturated rings. The maximum absolute atomic E-state index is 13.0. The van der Waals surface area contributed by atoms with Gasteiger partial charge < -0.3 is 19.4 Å². The Kier molecular flexibility index (Phi) is 5.34. The van der Waals surface area contributed by atoms with E-state index >= 15 is 0 Å². The number of para-hydroxylation sites is 3. The summed E-state index contributed by atoms with van der Waals surface area (Å²) >= 11 is 0. The SMILES string of the molecule is O=C(CCN1C(=O)COc2ccccc21)N[C@H](c1ccccc1)c1cc2ccccc2o1. The molecule has 0 aliphatic carbocycles. The summed E-state index contributed by atoms with van der Waals surface area (Å²) in [5.41, 5.74) is 2.38. The van der Waals surface area contributed by atoms with Crippen molar-refractivity contribution in [3.8, 4) is 5.75 Å². The zero-order valence-electron chi connectivity index (χ0n) is 17.4. The van der Waals surface area contributed by atoms with Crippen LogP contribution in [0.4, 0.5) is 5.69 Å². The molecule has 0 saturated heterocycles. The Labute approximate surface area is 185 Å². The molecule has 6 nitrogen and oxygen atoms in total. The van der Waals surface area contributed by atoms with Gasteiger partial charge in [0.05, 0.1) is 5.69 Å². The van der Waals surface area contributed by atoms with Gasteiger partial charge in [0.25, 0.3) is 5.91 Å². The van der Waals surface area contributed by atoms with Gasteiger partial charge >= 0.3 is 0 Å². The number of amides is 2. The molecule has 2 amide bonds. The molecule has 32 heavy (non-hydrogen) atoms. The van der Waals surface area contributed by atoms with Crippen molar-refractivity contribution >= 4 is 28.5 Å². The molecule has 160 valence electrons. The van der Waals surface area contributed by atoms with Gasteiger partial charge in [-0.1, -0.05) is 60.7 Å². The third kappa shape index (κ3) is 3.95. The monoisotopic (exact) mass is 426 g/mol. The van der Waals surface area contributed by atoms with Crippen LogP contribution in [-0.4, -0.2) is 25.0 Å². The van der Waals surface area contributed by atoms with Gasteiger partial charge in [-0.2, -0.15) is 0 Å². The van der Waals surface area contributed by atoms with Crippen molar-refractivity contribution in [2.75, 3.05) is 18.1 Å². The van der Waals surface area contributed by atoms with Gasteiger partial charge in [-0.3, -0.25) is 9.59 Å². The Hall–Kier alpha value is -4.06. The number of nitrogens with zero attached hydrogens (tertiary/aromatic N) is 1. The summed E-state index contributed by atoms with van der Waals surface area (Å²) in [7, 11) is 0. The Morgan fingerprint density at radius 2 is 1.72 bits per heavy atom. The number of carbonyl (C=O) groups excluding carboxylic acids is 2. The second-order valence-electron chi connectivity index (χ2n) is 7.65. The minimum Gasteiger partial charge on any atom is -0.482 e. The molecular weight excluding hydrogens is 404 g/mol. The Bertz CT molecular complexity index is 1230. The molecule has 1 aromatic heterocycles. The summed E-state index contributed by atoms with van der Waals surface area (Å²) in [6.07, 6.45) is 0.156. The molecule has 0 saturated carbocycles. The zero-order valence-corrected chi connectivity index (χ0v) is 17.4. The molecule has 1 aliphatic rings. The lowest BCUT2D eigenvalue weighted by atomic mass is 10.0. The summed E-state index contributed by atoms with van der Waals surface area (Å²) in [5, 5.41) is 4.07. The van der Waals surface area contributed by atoms with Crippen LogP contribution in [0.1, 0.15) is 23.8 Å². The summed E-state index contributed by atoms with van der Waals surface area (Å²) < 4.78 is 11.5. The zero-order chi connectivity index (χ0) is 21.9. The third-order valence-electron chi connectivity index (χ3n) is 5.54. The number of nitrogens with one attached hydrogen (secondary N) is 1. The number of rotatable bonds is 6. The van der Waals surface area contributed by atoms with Crippen molar-refractivity contribution in [2.45, 2.75) is 12.5 Å². The molecule has 0 bridgehead atoms. The van der Waals surface area contributed by atoms with Crippen LogP contribution in [0, 0.1) is 0 Å². The van der Waals surface area contributed by atoms with Gasteiger partial charge in [0.2, 0.25) is 5.91 Å². The molecule has 1 N–H and O–H groups in total. The largest absolute Gasteiger partial charge is 0.482 e. The maximum Gasteiger partial charge on any atom is 0.265 e. The van der Waals surface area contributed by atoms with E-state index < -0.39 is 6.04 Å². The first-order chi connectivity index (χ1) is 15.7. The molecule has 6 heteroatoms. The number of furan rings is 1. The van der Waals surface area contributed by atoms with Gasteiger partial charge in [0, 0.05) is 18.4 Å². The first-order valence-corrected chi connectivity index (χ1v) is 10.5. The van der Waals surface area contributed by atoms with Crippen molar-refractivity contribution in [1.82, 2.24) is 5.32 Å². The summed E-state index contributed by atoms with van der Waals surface area (Å²) in [6.45, 7) is 0.247. The lowest BCUT2D eigenvalue weighted by Gasteiger charge is -2.29. The topological polar surface area (TPSA) is 71.8 Å². The van der Waals surface area contributed by atoms with Crippen LogP contribution in [0.15, 0.2) is 89.3 Å². The Balaban J connectivity index is 1.35. The number of benzene rings is 3. The highest BCUT2D eigenvalue weighted by Gasteiger charge is 2.26.